The van der Waals surface area contributed by atoms with Gasteiger partial charge in [-0.2, -0.15) is 0 Å². The van der Waals surface area contributed by atoms with Gasteiger partial charge in [0.15, 0.2) is 0 Å². The average molecular weight is 241 g/mol. The first-order chi connectivity index (χ1) is 8.16. The molecule has 1 aliphatic heterocycles. The highest BCUT2D eigenvalue weighted by atomic mass is 19.1. The molecule has 0 aromatic heterocycles. The number of hydrogen-bond donors (Lipinski definition) is 1. The van der Waals surface area contributed by atoms with Crippen molar-refractivity contribution in [2.45, 2.75) is 38.5 Å². The zero-order valence-corrected chi connectivity index (χ0v) is 9.88. The first-order valence-electron chi connectivity index (χ1n) is 5.94. The standard InChI is InChI=1S/C13H17F2NO/c1-9-7-10(5-6-17-9)16-8-11-12(14)3-2-4-13(11)15/h2-4,9-10,16H,5-8H2,1H3. The first kappa shape index (κ1) is 12.5. The molecule has 17 heavy (non-hydrogen) atoms. The molecule has 1 N–H and O–H groups in total. The maximum Gasteiger partial charge on any atom is 0.130 e. The van der Waals surface area contributed by atoms with Crippen LogP contribution in [-0.4, -0.2) is 18.8 Å². The molecule has 1 aliphatic rings. The molecule has 1 saturated heterocycles. The van der Waals surface area contributed by atoms with E-state index in [-0.39, 0.29) is 24.3 Å². The molecule has 1 aromatic rings. The summed E-state index contributed by atoms with van der Waals surface area (Å²) in [7, 11) is 0. The summed E-state index contributed by atoms with van der Waals surface area (Å²) in [6.45, 7) is 2.95. The van der Waals surface area contributed by atoms with Gasteiger partial charge in [-0.15, -0.1) is 0 Å². The van der Waals surface area contributed by atoms with Crippen LogP contribution in [0.5, 0.6) is 0 Å². The monoisotopic (exact) mass is 241 g/mol. The van der Waals surface area contributed by atoms with Crippen LogP contribution in [0, 0.1) is 11.6 Å². The number of halogens is 2. The van der Waals surface area contributed by atoms with E-state index >= 15 is 0 Å². The zero-order chi connectivity index (χ0) is 12.3. The Labute approximate surface area is 100.0 Å². The van der Waals surface area contributed by atoms with Gasteiger partial charge in [0.25, 0.3) is 0 Å². The number of hydrogen-bond acceptors (Lipinski definition) is 2. The Hall–Kier alpha value is -1.00. The molecular formula is C13H17F2NO. The second-order valence-electron chi connectivity index (χ2n) is 4.48. The second-order valence-corrected chi connectivity index (χ2v) is 4.48. The van der Waals surface area contributed by atoms with E-state index in [2.05, 4.69) is 5.32 Å². The van der Waals surface area contributed by atoms with Gasteiger partial charge < -0.3 is 10.1 Å². The van der Waals surface area contributed by atoms with Crippen LogP contribution in [-0.2, 0) is 11.3 Å². The molecule has 94 valence electrons. The second kappa shape index (κ2) is 5.56. The fraction of sp³-hybridized carbons (Fsp3) is 0.538. The van der Waals surface area contributed by atoms with Crippen LogP contribution in [0.1, 0.15) is 25.3 Å². The Morgan fingerprint density at radius 1 is 1.35 bits per heavy atom. The van der Waals surface area contributed by atoms with Gasteiger partial charge in [-0.25, -0.2) is 8.78 Å². The SMILES string of the molecule is CC1CC(NCc2c(F)cccc2F)CCO1. The van der Waals surface area contributed by atoms with Crippen molar-refractivity contribution >= 4 is 0 Å². The molecular weight excluding hydrogens is 224 g/mol. The molecule has 4 heteroatoms. The summed E-state index contributed by atoms with van der Waals surface area (Å²) in [5.41, 5.74) is 0.117. The quantitative estimate of drug-likeness (QED) is 0.878. The zero-order valence-electron chi connectivity index (χ0n) is 9.88. The fourth-order valence-electron chi connectivity index (χ4n) is 2.13. The van der Waals surface area contributed by atoms with Crippen LogP contribution in [0.2, 0.25) is 0 Å². The summed E-state index contributed by atoms with van der Waals surface area (Å²) < 4.78 is 32.2. The maximum absolute atomic E-state index is 13.4. The predicted molar refractivity (Wildman–Crippen MR) is 61.6 cm³/mol. The third-order valence-electron chi connectivity index (χ3n) is 3.11. The van der Waals surface area contributed by atoms with Crippen LogP contribution < -0.4 is 5.32 Å². The molecule has 1 fully saturated rings. The molecule has 0 radical (unpaired) electrons. The lowest BCUT2D eigenvalue weighted by Crippen LogP contribution is -2.37. The van der Waals surface area contributed by atoms with E-state index < -0.39 is 11.6 Å². The van der Waals surface area contributed by atoms with E-state index in [1.165, 1.54) is 18.2 Å². The highest BCUT2D eigenvalue weighted by molar-refractivity contribution is 5.19. The molecule has 0 spiro atoms. The average Bonchev–Trinajstić information content (AvgIpc) is 2.28. The van der Waals surface area contributed by atoms with Gasteiger partial charge in [0, 0.05) is 24.8 Å². The van der Waals surface area contributed by atoms with Crippen molar-refractivity contribution in [3.8, 4) is 0 Å². The van der Waals surface area contributed by atoms with E-state index in [1.54, 1.807) is 0 Å². The maximum atomic E-state index is 13.4. The minimum atomic E-state index is -0.488. The van der Waals surface area contributed by atoms with Crippen molar-refractivity contribution in [2.24, 2.45) is 0 Å². The molecule has 0 bridgehead atoms. The van der Waals surface area contributed by atoms with Gasteiger partial charge in [-0.1, -0.05) is 6.07 Å². The lowest BCUT2D eigenvalue weighted by Gasteiger charge is -2.28. The van der Waals surface area contributed by atoms with E-state index in [9.17, 15) is 8.78 Å². The predicted octanol–water partition coefficient (Wildman–Crippen LogP) is 2.62. The van der Waals surface area contributed by atoms with Crippen molar-refractivity contribution in [2.75, 3.05) is 6.61 Å². The van der Waals surface area contributed by atoms with Crippen molar-refractivity contribution in [1.82, 2.24) is 5.32 Å². The molecule has 0 saturated carbocycles. The number of ether oxygens (including phenoxy) is 1. The summed E-state index contributed by atoms with van der Waals surface area (Å²) in [4.78, 5) is 0. The molecule has 0 amide bonds. The van der Waals surface area contributed by atoms with Gasteiger partial charge in [-0.3, -0.25) is 0 Å². The van der Waals surface area contributed by atoms with Crippen molar-refractivity contribution in [3.63, 3.8) is 0 Å². The third-order valence-corrected chi connectivity index (χ3v) is 3.11. The molecule has 2 nitrogen and oxygen atoms in total. The summed E-state index contributed by atoms with van der Waals surface area (Å²) in [5, 5.41) is 3.19. The van der Waals surface area contributed by atoms with Gasteiger partial charge >= 0.3 is 0 Å². The van der Waals surface area contributed by atoms with Crippen LogP contribution in [0.15, 0.2) is 18.2 Å². The molecule has 0 aliphatic carbocycles. The molecule has 1 aromatic carbocycles. The summed E-state index contributed by atoms with van der Waals surface area (Å²) in [6.07, 6.45) is 1.99. The van der Waals surface area contributed by atoms with E-state index in [0.29, 0.717) is 6.61 Å². The van der Waals surface area contributed by atoms with E-state index in [0.717, 1.165) is 12.8 Å². The van der Waals surface area contributed by atoms with Crippen LogP contribution >= 0.6 is 0 Å². The smallest absolute Gasteiger partial charge is 0.130 e. The Morgan fingerprint density at radius 2 is 2.06 bits per heavy atom. The Kier molecular flexibility index (Phi) is 4.07. The van der Waals surface area contributed by atoms with Crippen molar-refractivity contribution < 1.29 is 13.5 Å². The number of nitrogens with one attached hydrogen (secondary N) is 1. The Morgan fingerprint density at radius 3 is 2.71 bits per heavy atom. The molecule has 2 atom stereocenters. The van der Waals surface area contributed by atoms with Crippen LogP contribution in [0.25, 0.3) is 0 Å². The third kappa shape index (κ3) is 3.23. The van der Waals surface area contributed by atoms with Gasteiger partial charge in [0.2, 0.25) is 0 Å². The lowest BCUT2D eigenvalue weighted by atomic mass is 10.0. The Bertz CT molecular complexity index is 363. The Balaban J connectivity index is 1.93. The summed E-state index contributed by atoms with van der Waals surface area (Å²) >= 11 is 0. The van der Waals surface area contributed by atoms with Crippen molar-refractivity contribution in [1.29, 1.82) is 0 Å². The first-order valence-corrected chi connectivity index (χ1v) is 5.94. The topological polar surface area (TPSA) is 21.3 Å². The highest BCUT2D eigenvalue weighted by Crippen LogP contribution is 2.16. The minimum Gasteiger partial charge on any atom is -0.378 e. The van der Waals surface area contributed by atoms with Crippen molar-refractivity contribution in [3.05, 3.63) is 35.4 Å². The van der Waals surface area contributed by atoms with Gasteiger partial charge in [0.1, 0.15) is 11.6 Å². The number of benzene rings is 1. The minimum absolute atomic E-state index is 0.117. The largest absolute Gasteiger partial charge is 0.378 e. The fourth-order valence-corrected chi connectivity index (χ4v) is 2.13. The van der Waals surface area contributed by atoms with E-state index in [4.69, 9.17) is 4.74 Å². The molecule has 2 rings (SSSR count). The summed E-state index contributed by atoms with van der Waals surface area (Å²) in [6, 6.07) is 4.22. The van der Waals surface area contributed by atoms with Gasteiger partial charge in [0.05, 0.1) is 6.10 Å². The normalized spacial score (nSPS) is 24.9. The molecule has 1 heterocycles. The lowest BCUT2D eigenvalue weighted by molar-refractivity contribution is 0.0129. The van der Waals surface area contributed by atoms with Crippen LogP contribution in [0.4, 0.5) is 8.78 Å². The molecule has 2 unspecified atom stereocenters. The number of rotatable bonds is 3. The summed E-state index contributed by atoms with van der Waals surface area (Å²) in [5.74, 6) is -0.977. The van der Waals surface area contributed by atoms with Gasteiger partial charge in [-0.05, 0) is 31.9 Å². The van der Waals surface area contributed by atoms with Crippen LogP contribution in [0.3, 0.4) is 0 Å². The highest BCUT2D eigenvalue weighted by Gasteiger charge is 2.19. The van der Waals surface area contributed by atoms with E-state index in [1.807, 2.05) is 6.92 Å².